The molecule has 0 aromatic heterocycles. The maximum Gasteiger partial charge on any atom is 0.155 e. The number of benzene rings is 2. The SMILES string of the molecule is CCCCCCC(=O)/C=C\c1cccc(OCc2ccccc2)c1. The largest absolute Gasteiger partial charge is 0.489 e. The van der Waals surface area contributed by atoms with Crippen molar-refractivity contribution in [3.63, 3.8) is 0 Å². The third kappa shape index (κ3) is 6.82. The first-order valence-corrected chi connectivity index (χ1v) is 8.75. The first-order chi connectivity index (χ1) is 11.8. The fourth-order valence-electron chi connectivity index (χ4n) is 2.45. The van der Waals surface area contributed by atoms with Crippen molar-refractivity contribution >= 4 is 11.9 Å². The van der Waals surface area contributed by atoms with E-state index >= 15 is 0 Å². The number of carbonyl (C=O) groups is 1. The summed E-state index contributed by atoms with van der Waals surface area (Å²) in [5.41, 5.74) is 2.13. The highest BCUT2D eigenvalue weighted by molar-refractivity contribution is 5.93. The van der Waals surface area contributed by atoms with Crippen LogP contribution in [-0.4, -0.2) is 5.78 Å². The van der Waals surface area contributed by atoms with Crippen LogP contribution in [0.4, 0.5) is 0 Å². The Balaban J connectivity index is 1.83. The molecule has 0 aliphatic heterocycles. The second-order valence-corrected chi connectivity index (χ2v) is 5.96. The Kier molecular flexibility index (Phi) is 7.82. The predicted octanol–water partition coefficient (Wildman–Crippen LogP) is 5.82. The van der Waals surface area contributed by atoms with Gasteiger partial charge in [0.05, 0.1) is 0 Å². The highest BCUT2D eigenvalue weighted by Gasteiger charge is 1.99. The Morgan fingerprint density at radius 3 is 2.62 bits per heavy atom. The summed E-state index contributed by atoms with van der Waals surface area (Å²) in [7, 11) is 0. The van der Waals surface area contributed by atoms with Crippen LogP contribution in [0.5, 0.6) is 5.75 Å². The van der Waals surface area contributed by atoms with Gasteiger partial charge in [-0.15, -0.1) is 0 Å². The van der Waals surface area contributed by atoms with Gasteiger partial charge in [0.15, 0.2) is 5.78 Å². The lowest BCUT2D eigenvalue weighted by molar-refractivity contribution is -0.114. The summed E-state index contributed by atoms with van der Waals surface area (Å²) < 4.78 is 5.81. The average Bonchev–Trinajstić information content (AvgIpc) is 2.63. The molecule has 2 aromatic carbocycles. The first-order valence-electron chi connectivity index (χ1n) is 8.75. The van der Waals surface area contributed by atoms with Crippen LogP contribution in [-0.2, 0) is 11.4 Å². The van der Waals surface area contributed by atoms with Gasteiger partial charge >= 0.3 is 0 Å². The molecule has 24 heavy (non-hydrogen) atoms. The van der Waals surface area contributed by atoms with Crippen LogP contribution in [0, 0.1) is 0 Å². The Morgan fingerprint density at radius 2 is 1.83 bits per heavy atom. The minimum absolute atomic E-state index is 0.196. The van der Waals surface area contributed by atoms with Gasteiger partial charge in [-0.05, 0) is 35.8 Å². The summed E-state index contributed by atoms with van der Waals surface area (Å²) >= 11 is 0. The minimum Gasteiger partial charge on any atom is -0.489 e. The van der Waals surface area contributed by atoms with E-state index in [2.05, 4.69) is 6.92 Å². The second kappa shape index (κ2) is 10.4. The van der Waals surface area contributed by atoms with Crippen molar-refractivity contribution in [2.24, 2.45) is 0 Å². The quantitative estimate of drug-likeness (QED) is 0.407. The normalized spacial score (nSPS) is 10.9. The van der Waals surface area contributed by atoms with Crippen LogP contribution in [0.1, 0.15) is 50.2 Å². The van der Waals surface area contributed by atoms with E-state index in [1.54, 1.807) is 6.08 Å². The molecule has 126 valence electrons. The van der Waals surface area contributed by atoms with E-state index in [0.717, 1.165) is 29.7 Å². The first kappa shape index (κ1) is 18.0. The summed E-state index contributed by atoms with van der Waals surface area (Å²) in [6, 6.07) is 17.9. The number of hydrogen-bond donors (Lipinski definition) is 0. The molecule has 2 nitrogen and oxygen atoms in total. The molecule has 0 aliphatic carbocycles. The van der Waals surface area contributed by atoms with Gasteiger partial charge in [0, 0.05) is 6.42 Å². The van der Waals surface area contributed by atoms with E-state index in [1.165, 1.54) is 12.8 Å². The summed E-state index contributed by atoms with van der Waals surface area (Å²) in [5, 5.41) is 0. The Hall–Kier alpha value is -2.35. The number of allylic oxidation sites excluding steroid dienone is 1. The molecular formula is C22H26O2. The van der Waals surface area contributed by atoms with Crippen LogP contribution >= 0.6 is 0 Å². The highest BCUT2D eigenvalue weighted by Crippen LogP contribution is 2.16. The van der Waals surface area contributed by atoms with Crippen LogP contribution in [0.25, 0.3) is 6.08 Å². The van der Waals surface area contributed by atoms with Gasteiger partial charge in [-0.1, -0.05) is 74.7 Å². The summed E-state index contributed by atoms with van der Waals surface area (Å²) in [6.07, 6.45) is 8.72. The Bertz CT molecular complexity index is 644. The zero-order chi connectivity index (χ0) is 17.0. The zero-order valence-corrected chi connectivity index (χ0v) is 14.4. The molecule has 0 unspecified atom stereocenters. The van der Waals surface area contributed by atoms with Crippen molar-refractivity contribution in [1.29, 1.82) is 0 Å². The fraction of sp³-hybridized carbons (Fsp3) is 0.318. The smallest absolute Gasteiger partial charge is 0.155 e. The molecule has 0 aliphatic rings. The van der Waals surface area contributed by atoms with Crippen molar-refractivity contribution in [3.05, 3.63) is 71.8 Å². The fourth-order valence-corrected chi connectivity index (χ4v) is 2.45. The summed E-state index contributed by atoms with van der Waals surface area (Å²) in [4.78, 5) is 11.9. The Morgan fingerprint density at radius 1 is 1.00 bits per heavy atom. The van der Waals surface area contributed by atoms with Gasteiger partial charge < -0.3 is 4.74 Å². The van der Waals surface area contributed by atoms with Crippen molar-refractivity contribution < 1.29 is 9.53 Å². The number of ether oxygens (including phenoxy) is 1. The lowest BCUT2D eigenvalue weighted by atomic mass is 10.1. The van der Waals surface area contributed by atoms with Crippen LogP contribution < -0.4 is 4.74 Å². The maximum atomic E-state index is 11.9. The molecule has 0 fully saturated rings. The van der Waals surface area contributed by atoms with Crippen molar-refractivity contribution in [2.75, 3.05) is 0 Å². The monoisotopic (exact) mass is 322 g/mol. The van der Waals surface area contributed by atoms with Crippen LogP contribution in [0.15, 0.2) is 60.7 Å². The molecule has 0 saturated heterocycles. The van der Waals surface area contributed by atoms with E-state index < -0.39 is 0 Å². The number of unbranched alkanes of at least 4 members (excludes halogenated alkanes) is 3. The lowest BCUT2D eigenvalue weighted by Gasteiger charge is -2.06. The third-order valence-electron chi connectivity index (χ3n) is 3.84. The zero-order valence-electron chi connectivity index (χ0n) is 14.4. The number of hydrogen-bond acceptors (Lipinski definition) is 2. The molecular weight excluding hydrogens is 296 g/mol. The molecule has 0 spiro atoms. The number of ketones is 1. The van der Waals surface area contributed by atoms with Gasteiger partial charge in [-0.3, -0.25) is 4.79 Å². The van der Waals surface area contributed by atoms with E-state index in [0.29, 0.717) is 13.0 Å². The van der Waals surface area contributed by atoms with Gasteiger partial charge in [-0.2, -0.15) is 0 Å². The standard InChI is InChI=1S/C22H26O2/c1-2-3-4-8-13-21(23)16-15-19-12-9-14-22(17-19)24-18-20-10-6-5-7-11-20/h5-7,9-12,14-17H,2-4,8,13,18H2,1H3/b16-15-. The molecule has 0 amide bonds. The summed E-state index contributed by atoms with van der Waals surface area (Å²) in [5.74, 6) is 1.01. The number of rotatable bonds is 10. The van der Waals surface area contributed by atoms with Crippen molar-refractivity contribution in [1.82, 2.24) is 0 Å². The lowest BCUT2D eigenvalue weighted by Crippen LogP contribution is -1.95. The molecule has 0 N–H and O–H groups in total. The van der Waals surface area contributed by atoms with Gasteiger partial charge in [0.2, 0.25) is 0 Å². The van der Waals surface area contributed by atoms with Crippen LogP contribution in [0.2, 0.25) is 0 Å². The molecule has 2 heteroatoms. The third-order valence-corrected chi connectivity index (χ3v) is 3.84. The highest BCUT2D eigenvalue weighted by atomic mass is 16.5. The molecule has 2 rings (SSSR count). The molecule has 2 aromatic rings. The number of carbonyl (C=O) groups excluding carboxylic acids is 1. The van der Waals surface area contributed by atoms with Gasteiger partial charge in [0.25, 0.3) is 0 Å². The molecule has 0 bridgehead atoms. The van der Waals surface area contributed by atoms with E-state index in [4.69, 9.17) is 4.74 Å². The van der Waals surface area contributed by atoms with Crippen molar-refractivity contribution in [2.45, 2.75) is 45.6 Å². The summed E-state index contributed by atoms with van der Waals surface area (Å²) in [6.45, 7) is 2.72. The Labute approximate surface area is 145 Å². The molecule has 0 heterocycles. The minimum atomic E-state index is 0.196. The predicted molar refractivity (Wildman–Crippen MR) is 100 cm³/mol. The van der Waals surface area contributed by atoms with E-state index in [9.17, 15) is 4.79 Å². The topological polar surface area (TPSA) is 26.3 Å². The van der Waals surface area contributed by atoms with Gasteiger partial charge in [-0.25, -0.2) is 0 Å². The molecule has 0 saturated carbocycles. The maximum absolute atomic E-state index is 11.9. The van der Waals surface area contributed by atoms with Gasteiger partial charge in [0.1, 0.15) is 12.4 Å². The van der Waals surface area contributed by atoms with E-state index in [-0.39, 0.29) is 5.78 Å². The van der Waals surface area contributed by atoms with E-state index in [1.807, 2.05) is 60.7 Å². The molecule has 0 atom stereocenters. The van der Waals surface area contributed by atoms with Crippen LogP contribution in [0.3, 0.4) is 0 Å². The second-order valence-electron chi connectivity index (χ2n) is 5.96. The molecule has 0 radical (unpaired) electrons. The average molecular weight is 322 g/mol. The van der Waals surface area contributed by atoms with Crippen molar-refractivity contribution in [3.8, 4) is 5.75 Å².